The number of aliphatic carboxylic acids is 1. The van der Waals surface area contributed by atoms with Gasteiger partial charge in [0.05, 0.1) is 17.2 Å². The second-order valence-electron chi connectivity index (χ2n) is 5.82. The molecule has 0 spiro atoms. The van der Waals surface area contributed by atoms with Crippen molar-refractivity contribution < 1.29 is 14.7 Å². The first-order chi connectivity index (χ1) is 11.1. The van der Waals surface area contributed by atoms with Gasteiger partial charge in [-0.2, -0.15) is 0 Å². The zero-order chi connectivity index (χ0) is 16.2. The average Bonchev–Trinajstić information content (AvgIpc) is 2.59. The highest BCUT2D eigenvalue weighted by Gasteiger charge is 2.28. The van der Waals surface area contributed by atoms with Crippen LogP contribution < -0.4 is 0 Å². The molecular weight excluding hydrogens is 294 g/mol. The number of likely N-dealkylation sites (tertiary alicyclic amines) is 1. The van der Waals surface area contributed by atoms with Crippen molar-refractivity contribution in [3.8, 4) is 0 Å². The number of hydrogen-bond donors (Lipinski definition) is 1. The van der Waals surface area contributed by atoms with Crippen LogP contribution >= 0.6 is 0 Å². The minimum atomic E-state index is -0.825. The van der Waals surface area contributed by atoms with Gasteiger partial charge in [-0.15, -0.1) is 0 Å². The molecule has 1 amide bonds. The van der Waals surface area contributed by atoms with E-state index in [2.05, 4.69) is 9.97 Å². The maximum absolute atomic E-state index is 12.8. The number of fused-ring (bicyclic) bond motifs is 1. The fourth-order valence-corrected chi connectivity index (χ4v) is 3.07. The first-order valence-electron chi connectivity index (χ1n) is 7.89. The first-order valence-corrected chi connectivity index (χ1v) is 7.89. The van der Waals surface area contributed by atoms with Crippen LogP contribution in [0.15, 0.2) is 30.5 Å². The number of hydrogen-bond acceptors (Lipinski definition) is 4. The Hall–Kier alpha value is -2.50. The van der Waals surface area contributed by atoms with Gasteiger partial charge in [0.1, 0.15) is 5.69 Å². The Labute approximate surface area is 134 Å². The summed E-state index contributed by atoms with van der Waals surface area (Å²) < 4.78 is 0. The maximum atomic E-state index is 12.8. The van der Waals surface area contributed by atoms with Gasteiger partial charge in [-0.05, 0) is 37.8 Å². The number of amides is 1. The number of para-hydroxylation sites is 2. The monoisotopic (exact) mass is 313 g/mol. The van der Waals surface area contributed by atoms with Gasteiger partial charge in [0.25, 0.3) is 5.91 Å². The molecule has 2 aromatic rings. The quantitative estimate of drug-likeness (QED) is 0.937. The van der Waals surface area contributed by atoms with Gasteiger partial charge in [0.15, 0.2) is 0 Å². The van der Waals surface area contributed by atoms with E-state index in [0.29, 0.717) is 24.2 Å². The molecular formula is C17H19N3O3. The van der Waals surface area contributed by atoms with E-state index >= 15 is 0 Å². The third-order valence-corrected chi connectivity index (χ3v) is 4.25. The van der Waals surface area contributed by atoms with Crippen LogP contribution in [0.3, 0.4) is 0 Å². The minimum Gasteiger partial charge on any atom is -0.481 e. The van der Waals surface area contributed by atoms with Gasteiger partial charge >= 0.3 is 5.97 Å². The summed E-state index contributed by atoms with van der Waals surface area (Å²) in [5.74, 6) is -0.980. The smallest absolute Gasteiger partial charge is 0.303 e. The molecule has 1 aliphatic heterocycles. The predicted octanol–water partition coefficient (Wildman–Crippen LogP) is 2.49. The van der Waals surface area contributed by atoms with Gasteiger partial charge in [0, 0.05) is 19.0 Å². The van der Waals surface area contributed by atoms with Crippen LogP contribution in [-0.2, 0) is 4.79 Å². The number of carbonyl (C=O) groups excluding carboxylic acids is 1. The van der Waals surface area contributed by atoms with Crippen LogP contribution in [0.1, 0.15) is 42.6 Å². The maximum Gasteiger partial charge on any atom is 0.303 e. The predicted molar refractivity (Wildman–Crippen MR) is 85.1 cm³/mol. The molecule has 1 atom stereocenters. The lowest BCUT2D eigenvalue weighted by molar-refractivity contribution is -0.137. The van der Waals surface area contributed by atoms with Crippen molar-refractivity contribution in [2.45, 2.75) is 38.1 Å². The molecule has 0 unspecified atom stereocenters. The molecule has 2 heterocycles. The lowest BCUT2D eigenvalue weighted by Crippen LogP contribution is -2.44. The number of piperidine rings is 1. The number of aromatic nitrogens is 2. The van der Waals surface area contributed by atoms with Crippen LogP contribution in [0.4, 0.5) is 0 Å². The van der Waals surface area contributed by atoms with Crippen molar-refractivity contribution in [3.63, 3.8) is 0 Å². The molecule has 6 nitrogen and oxygen atoms in total. The van der Waals surface area contributed by atoms with E-state index in [1.807, 2.05) is 24.3 Å². The van der Waals surface area contributed by atoms with Crippen LogP contribution in [-0.4, -0.2) is 44.4 Å². The minimum absolute atomic E-state index is 0.0272. The molecule has 23 heavy (non-hydrogen) atoms. The Morgan fingerprint density at radius 1 is 1.22 bits per heavy atom. The highest BCUT2D eigenvalue weighted by molar-refractivity contribution is 5.94. The van der Waals surface area contributed by atoms with Crippen molar-refractivity contribution in [2.75, 3.05) is 6.54 Å². The molecule has 0 aliphatic carbocycles. The largest absolute Gasteiger partial charge is 0.481 e. The summed E-state index contributed by atoms with van der Waals surface area (Å²) in [5, 5.41) is 8.88. The van der Waals surface area contributed by atoms with Gasteiger partial charge < -0.3 is 10.0 Å². The molecule has 0 bridgehead atoms. The average molecular weight is 313 g/mol. The second-order valence-corrected chi connectivity index (χ2v) is 5.82. The van der Waals surface area contributed by atoms with Crippen molar-refractivity contribution in [2.24, 2.45) is 0 Å². The number of carbonyl (C=O) groups is 2. The Bertz CT molecular complexity index is 732. The van der Waals surface area contributed by atoms with Crippen LogP contribution in [0.25, 0.3) is 11.0 Å². The summed E-state index contributed by atoms with van der Waals surface area (Å²) in [6, 6.07) is 7.40. The van der Waals surface area contributed by atoms with E-state index in [1.54, 1.807) is 4.90 Å². The zero-order valence-corrected chi connectivity index (χ0v) is 12.8. The van der Waals surface area contributed by atoms with Crippen molar-refractivity contribution >= 4 is 22.9 Å². The third kappa shape index (κ3) is 3.47. The normalized spacial score (nSPS) is 18.1. The summed E-state index contributed by atoms with van der Waals surface area (Å²) in [6.45, 7) is 0.650. The standard InChI is InChI=1S/C17H19N3O3/c21-16(22)9-8-12-5-3-4-10-20(12)17(23)15-11-18-13-6-1-2-7-14(13)19-15/h1-2,6-7,11-12H,3-5,8-10H2,(H,21,22)/t12-/m0/s1. The van der Waals surface area contributed by atoms with Gasteiger partial charge in [-0.25, -0.2) is 4.98 Å². The molecule has 1 aromatic heterocycles. The fraction of sp³-hybridized carbons (Fsp3) is 0.412. The second kappa shape index (κ2) is 6.73. The first kappa shape index (κ1) is 15.4. The third-order valence-electron chi connectivity index (χ3n) is 4.25. The molecule has 1 aliphatic rings. The van der Waals surface area contributed by atoms with E-state index in [4.69, 9.17) is 5.11 Å². The highest BCUT2D eigenvalue weighted by atomic mass is 16.4. The van der Waals surface area contributed by atoms with Crippen molar-refractivity contribution in [3.05, 3.63) is 36.2 Å². The number of rotatable bonds is 4. The van der Waals surface area contributed by atoms with E-state index in [0.717, 1.165) is 24.8 Å². The lowest BCUT2D eigenvalue weighted by atomic mass is 9.97. The number of carboxylic acids is 1. The van der Waals surface area contributed by atoms with Gasteiger partial charge in [-0.1, -0.05) is 12.1 Å². The van der Waals surface area contributed by atoms with Gasteiger partial charge in [-0.3, -0.25) is 14.6 Å². The molecule has 0 saturated carbocycles. The van der Waals surface area contributed by atoms with E-state index < -0.39 is 5.97 Å². The van der Waals surface area contributed by atoms with E-state index in [1.165, 1.54) is 6.20 Å². The molecule has 1 N–H and O–H groups in total. The van der Waals surface area contributed by atoms with Crippen LogP contribution in [0.2, 0.25) is 0 Å². The SMILES string of the molecule is O=C(O)CC[C@@H]1CCCCN1C(=O)c1cnc2ccccc2n1. The molecule has 1 fully saturated rings. The Kier molecular flexibility index (Phi) is 4.50. The number of nitrogens with zero attached hydrogens (tertiary/aromatic N) is 3. The number of benzene rings is 1. The van der Waals surface area contributed by atoms with Crippen molar-refractivity contribution in [1.29, 1.82) is 0 Å². The lowest BCUT2D eigenvalue weighted by Gasteiger charge is -2.35. The summed E-state index contributed by atoms with van der Waals surface area (Å²) in [4.78, 5) is 34.1. The highest BCUT2D eigenvalue weighted by Crippen LogP contribution is 2.23. The molecule has 3 rings (SSSR count). The summed E-state index contributed by atoms with van der Waals surface area (Å²) in [5.41, 5.74) is 1.77. The van der Waals surface area contributed by atoms with Crippen LogP contribution in [0.5, 0.6) is 0 Å². The number of carboxylic acid groups (broad SMARTS) is 1. The summed E-state index contributed by atoms with van der Waals surface area (Å²) in [6.07, 6.45) is 4.89. The van der Waals surface area contributed by atoms with Crippen LogP contribution in [0, 0.1) is 0 Å². The molecule has 6 heteroatoms. The summed E-state index contributed by atoms with van der Waals surface area (Å²) >= 11 is 0. The van der Waals surface area contributed by atoms with Crippen molar-refractivity contribution in [1.82, 2.24) is 14.9 Å². The summed E-state index contributed by atoms with van der Waals surface area (Å²) in [7, 11) is 0. The van der Waals surface area contributed by atoms with E-state index in [9.17, 15) is 9.59 Å². The molecule has 120 valence electrons. The molecule has 1 aromatic carbocycles. The topological polar surface area (TPSA) is 83.4 Å². The molecule has 1 saturated heterocycles. The van der Waals surface area contributed by atoms with Gasteiger partial charge in [0.2, 0.25) is 0 Å². The zero-order valence-electron chi connectivity index (χ0n) is 12.8. The Morgan fingerprint density at radius 3 is 2.78 bits per heavy atom. The Balaban J connectivity index is 1.81. The Morgan fingerprint density at radius 2 is 2.00 bits per heavy atom. The fourth-order valence-electron chi connectivity index (χ4n) is 3.07. The molecule has 0 radical (unpaired) electrons. The van der Waals surface area contributed by atoms with E-state index in [-0.39, 0.29) is 18.4 Å².